The second kappa shape index (κ2) is 4.97. The number of hydrogen-bond acceptors (Lipinski definition) is 5. The lowest BCUT2D eigenvalue weighted by Gasteiger charge is -2.35. The summed E-state index contributed by atoms with van der Waals surface area (Å²) in [6.45, 7) is 9.03. The minimum atomic E-state index is 0.0715. The third-order valence-electron chi connectivity index (χ3n) is 4.61. The van der Waals surface area contributed by atoms with Crippen LogP contribution in [-0.2, 0) is 16.8 Å². The van der Waals surface area contributed by atoms with Gasteiger partial charge in [-0.3, -0.25) is 0 Å². The van der Waals surface area contributed by atoms with Crippen LogP contribution < -0.4 is 4.90 Å². The van der Waals surface area contributed by atoms with Gasteiger partial charge in [-0.2, -0.15) is 0 Å². The highest BCUT2D eigenvalue weighted by atomic mass is 16.5. The quantitative estimate of drug-likeness (QED) is 0.815. The smallest absolute Gasteiger partial charge is 0.225 e. The highest BCUT2D eigenvalue weighted by Crippen LogP contribution is 2.40. The Morgan fingerprint density at radius 2 is 2.15 bits per heavy atom. The molecule has 1 atom stereocenters. The van der Waals surface area contributed by atoms with Gasteiger partial charge < -0.3 is 14.5 Å². The third kappa shape index (κ3) is 2.09. The zero-order chi connectivity index (χ0) is 14.3. The fourth-order valence-corrected chi connectivity index (χ4v) is 3.35. The van der Waals surface area contributed by atoms with Gasteiger partial charge in [0.2, 0.25) is 5.95 Å². The van der Waals surface area contributed by atoms with Crippen molar-refractivity contribution in [2.24, 2.45) is 0 Å². The Balaban J connectivity index is 2.07. The Morgan fingerprint density at radius 1 is 1.35 bits per heavy atom. The standard InChI is InChI=1S/C15H24N4O/c1-5-19-7-6-15(9-19)10-20-8-12-11(2)16-14(18(3)4)17-13(12)15/h5-10H2,1-4H3. The van der Waals surface area contributed by atoms with Crippen LogP contribution in [-0.4, -0.2) is 55.2 Å². The van der Waals surface area contributed by atoms with Gasteiger partial charge in [0.25, 0.3) is 0 Å². The molecule has 1 unspecified atom stereocenters. The molecule has 0 bridgehead atoms. The summed E-state index contributed by atoms with van der Waals surface area (Å²) in [4.78, 5) is 14.0. The molecule has 5 heteroatoms. The van der Waals surface area contributed by atoms with Crippen LogP contribution in [0.25, 0.3) is 0 Å². The molecule has 0 aliphatic carbocycles. The van der Waals surface area contributed by atoms with Crippen molar-refractivity contribution in [2.45, 2.75) is 32.3 Å². The number of anilines is 1. The zero-order valence-corrected chi connectivity index (χ0v) is 12.9. The predicted molar refractivity (Wildman–Crippen MR) is 79.2 cm³/mol. The van der Waals surface area contributed by atoms with Gasteiger partial charge in [0, 0.05) is 31.9 Å². The molecule has 1 aromatic rings. The molecule has 2 aliphatic heterocycles. The van der Waals surface area contributed by atoms with Crippen LogP contribution in [0, 0.1) is 6.92 Å². The van der Waals surface area contributed by atoms with Gasteiger partial charge in [0.1, 0.15) is 0 Å². The highest BCUT2D eigenvalue weighted by Gasteiger charge is 2.45. The number of likely N-dealkylation sites (N-methyl/N-ethyl adjacent to an activating group) is 1. The molecule has 0 radical (unpaired) electrons. The van der Waals surface area contributed by atoms with Crippen molar-refractivity contribution in [1.82, 2.24) is 14.9 Å². The molecule has 0 amide bonds. The monoisotopic (exact) mass is 276 g/mol. The van der Waals surface area contributed by atoms with E-state index >= 15 is 0 Å². The lowest BCUT2D eigenvalue weighted by atomic mass is 9.80. The Bertz CT molecular complexity index is 517. The molecular weight excluding hydrogens is 252 g/mol. The molecule has 5 nitrogen and oxygen atoms in total. The summed E-state index contributed by atoms with van der Waals surface area (Å²) in [5, 5.41) is 0. The maximum atomic E-state index is 5.89. The summed E-state index contributed by atoms with van der Waals surface area (Å²) in [5.41, 5.74) is 3.57. The molecule has 3 rings (SSSR count). The molecule has 2 aliphatic rings. The molecule has 0 N–H and O–H groups in total. The maximum Gasteiger partial charge on any atom is 0.225 e. The van der Waals surface area contributed by atoms with Crippen LogP contribution in [0.5, 0.6) is 0 Å². The average Bonchev–Trinajstić information content (AvgIpc) is 2.84. The summed E-state index contributed by atoms with van der Waals surface area (Å²) < 4.78 is 5.89. The van der Waals surface area contributed by atoms with Crippen molar-refractivity contribution in [1.29, 1.82) is 0 Å². The topological polar surface area (TPSA) is 41.5 Å². The first-order chi connectivity index (χ1) is 9.55. The Kier molecular flexibility index (Phi) is 3.42. The van der Waals surface area contributed by atoms with E-state index in [2.05, 4.69) is 23.7 Å². The van der Waals surface area contributed by atoms with E-state index in [1.54, 1.807) is 0 Å². The molecule has 1 spiro atoms. The van der Waals surface area contributed by atoms with E-state index in [-0.39, 0.29) is 5.41 Å². The molecule has 0 saturated carbocycles. The summed E-state index contributed by atoms with van der Waals surface area (Å²) in [7, 11) is 4.00. The number of fused-ring (bicyclic) bond motifs is 2. The second-order valence-electron chi connectivity index (χ2n) is 6.22. The average molecular weight is 276 g/mol. The summed E-state index contributed by atoms with van der Waals surface area (Å²) >= 11 is 0. The van der Waals surface area contributed by atoms with Crippen molar-refractivity contribution in [3.05, 3.63) is 17.0 Å². The fourth-order valence-electron chi connectivity index (χ4n) is 3.35. The van der Waals surface area contributed by atoms with E-state index in [1.165, 1.54) is 11.3 Å². The number of ether oxygens (including phenoxy) is 1. The van der Waals surface area contributed by atoms with Gasteiger partial charge in [-0.25, -0.2) is 9.97 Å². The largest absolute Gasteiger partial charge is 0.376 e. The zero-order valence-electron chi connectivity index (χ0n) is 12.9. The number of aromatic nitrogens is 2. The molecule has 20 heavy (non-hydrogen) atoms. The number of aryl methyl sites for hydroxylation is 1. The van der Waals surface area contributed by atoms with Crippen LogP contribution in [0.1, 0.15) is 30.3 Å². The molecule has 3 heterocycles. The van der Waals surface area contributed by atoms with E-state index in [1.807, 2.05) is 19.0 Å². The maximum absolute atomic E-state index is 5.89. The van der Waals surface area contributed by atoms with Gasteiger partial charge in [-0.15, -0.1) is 0 Å². The minimum Gasteiger partial charge on any atom is -0.376 e. The lowest BCUT2D eigenvalue weighted by Crippen LogP contribution is -2.41. The van der Waals surface area contributed by atoms with E-state index in [9.17, 15) is 0 Å². The van der Waals surface area contributed by atoms with Gasteiger partial charge in [-0.05, 0) is 26.4 Å². The van der Waals surface area contributed by atoms with Crippen LogP contribution >= 0.6 is 0 Å². The number of rotatable bonds is 2. The first-order valence-electron chi connectivity index (χ1n) is 7.41. The molecule has 1 aromatic heterocycles. The van der Waals surface area contributed by atoms with Crippen molar-refractivity contribution >= 4 is 5.95 Å². The third-order valence-corrected chi connectivity index (χ3v) is 4.61. The Labute approximate surface area is 121 Å². The number of likely N-dealkylation sites (tertiary alicyclic amines) is 1. The Hall–Kier alpha value is -1.20. The fraction of sp³-hybridized carbons (Fsp3) is 0.733. The van der Waals surface area contributed by atoms with Crippen LogP contribution in [0.3, 0.4) is 0 Å². The number of hydrogen-bond donors (Lipinski definition) is 0. The first-order valence-corrected chi connectivity index (χ1v) is 7.41. The molecule has 0 aromatic carbocycles. The molecule has 110 valence electrons. The van der Waals surface area contributed by atoms with Crippen molar-refractivity contribution in [3.8, 4) is 0 Å². The van der Waals surface area contributed by atoms with Crippen LogP contribution in [0.4, 0.5) is 5.95 Å². The van der Waals surface area contributed by atoms with Gasteiger partial charge in [-0.1, -0.05) is 6.92 Å². The normalized spacial score (nSPS) is 26.0. The van der Waals surface area contributed by atoms with Gasteiger partial charge in [0.15, 0.2) is 0 Å². The van der Waals surface area contributed by atoms with E-state index in [4.69, 9.17) is 9.72 Å². The van der Waals surface area contributed by atoms with Crippen molar-refractivity contribution in [3.63, 3.8) is 0 Å². The van der Waals surface area contributed by atoms with Gasteiger partial charge in [0.05, 0.1) is 24.3 Å². The SMILES string of the molecule is CCN1CCC2(COCc3c(C)nc(N(C)C)nc32)C1. The molecule has 1 fully saturated rings. The van der Waals surface area contributed by atoms with Crippen LogP contribution in [0.2, 0.25) is 0 Å². The van der Waals surface area contributed by atoms with Crippen molar-refractivity contribution in [2.75, 3.05) is 45.2 Å². The summed E-state index contributed by atoms with van der Waals surface area (Å²) in [6, 6.07) is 0. The predicted octanol–water partition coefficient (Wildman–Crippen LogP) is 1.34. The highest BCUT2D eigenvalue weighted by molar-refractivity contribution is 5.41. The van der Waals surface area contributed by atoms with Crippen LogP contribution in [0.15, 0.2) is 0 Å². The Morgan fingerprint density at radius 3 is 2.80 bits per heavy atom. The lowest BCUT2D eigenvalue weighted by molar-refractivity contribution is 0.0503. The molecule has 1 saturated heterocycles. The summed E-state index contributed by atoms with van der Waals surface area (Å²) in [5.74, 6) is 0.817. The summed E-state index contributed by atoms with van der Waals surface area (Å²) in [6.07, 6.45) is 1.14. The minimum absolute atomic E-state index is 0.0715. The first kappa shape index (κ1) is 13.8. The van der Waals surface area contributed by atoms with Crippen molar-refractivity contribution < 1.29 is 4.74 Å². The van der Waals surface area contributed by atoms with E-state index < -0.39 is 0 Å². The van der Waals surface area contributed by atoms with Gasteiger partial charge >= 0.3 is 0 Å². The molecular formula is C15H24N4O. The number of nitrogens with zero attached hydrogens (tertiary/aromatic N) is 4. The second-order valence-corrected chi connectivity index (χ2v) is 6.22. The van der Waals surface area contributed by atoms with E-state index in [0.717, 1.165) is 44.3 Å². The van der Waals surface area contributed by atoms with E-state index in [0.29, 0.717) is 6.61 Å².